The molecule has 0 aliphatic heterocycles. The fraction of sp³-hybridized carbons (Fsp3) is 0.0714. The van der Waals surface area contributed by atoms with E-state index in [1.165, 1.54) is 24.5 Å². The van der Waals surface area contributed by atoms with Crippen LogP contribution in [0.4, 0.5) is 30.5 Å². The van der Waals surface area contributed by atoms with Crippen LogP contribution in [0.15, 0.2) is 49.1 Å². The highest BCUT2D eigenvalue weighted by molar-refractivity contribution is 5.59. The normalized spacial score (nSPS) is 11.4. The third-order valence-corrected chi connectivity index (χ3v) is 2.95. The molecule has 0 aliphatic rings. The molecule has 3 aromatic rings. The van der Waals surface area contributed by atoms with Gasteiger partial charge in [-0.05, 0) is 24.3 Å². The maximum Gasteiger partial charge on any atom is 0.416 e. The molecule has 0 fully saturated rings. The van der Waals surface area contributed by atoms with Crippen LogP contribution in [0.2, 0.25) is 0 Å². The Morgan fingerprint density at radius 3 is 2.43 bits per heavy atom. The Labute approximate surface area is 128 Å². The van der Waals surface area contributed by atoms with Gasteiger partial charge in [0.25, 0.3) is 0 Å². The SMILES string of the molecule is Nc1cc(Nc2ccc(C(F)(F)F)cc2)nc(-n2ccnc2)n1. The van der Waals surface area contributed by atoms with Crippen molar-refractivity contribution in [3.63, 3.8) is 0 Å². The molecule has 0 saturated carbocycles. The van der Waals surface area contributed by atoms with E-state index >= 15 is 0 Å². The zero-order valence-electron chi connectivity index (χ0n) is 11.6. The lowest BCUT2D eigenvalue weighted by molar-refractivity contribution is -0.137. The molecule has 0 atom stereocenters. The van der Waals surface area contributed by atoms with Crippen molar-refractivity contribution in [3.05, 3.63) is 54.6 Å². The molecular formula is C14H11F3N6. The number of anilines is 3. The topological polar surface area (TPSA) is 81.6 Å². The number of nitrogens with one attached hydrogen (secondary N) is 1. The van der Waals surface area contributed by atoms with E-state index < -0.39 is 11.7 Å². The highest BCUT2D eigenvalue weighted by atomic mass is 19.4. The van der Waals surface area contributed by atoms with Gasteiger partial charge in [-0.25, -0.2) is 4.98 Å². The Morgan fingerprint density at radius 2 is 1.83 bits per heavy atom. The number of hydrogen-bond acceptors (Lipinski definition) is 5. The molecule has 2 heterocycles. The first-order chi connectivity index (χ1) is 10.9. The highest BCUT2D eigenvalue weighted by Gasteiger charge is 2.29. The van der Waals surface area contributed by atoms with Crippen LogP contribution in [0.1, 0.15) is 5.56 Å². The summed E-state index contributed by atoms with van der Waals surface area (Å²) in [5.41, 5.74) is 5.46. The summed E-state index contributed by atoms with van der Waals surface area (Å²) in [5.74, 6) is 0.885. The van der Waals surface area contributed by atoms with Crippen molar-refractivity contribution in [1.29, 1.82) is 0 Å². The van der Waals surface area contributed by atoms with E-state index in [-0.39, 0.29) is 5.82 Å². The number of hydrogen-bond donors (Lipinski definition) is 2. The minimum absolute atomic E-state index is 0.220. The predicted molar refractivity (Wildman–Crippen MR) is 78.3 cm³/mol. The van der Waals surface area contributed by atoms with E-state index in [9.17, 15) is 13.2 Å². The van der Waals surface area contributed by atoms with Gasteiger partial charge in [-0.2, -0.15) is 23.1 Å². The minimum atomic E-state index is -4.37. The van der Waals surface area contributed by atoms with Gasteiger partial charge in [0.2, 0.25) is 5.95 Å². The molecule has 3 N–H and O–H groups in total. The summed E-state index contributed by atoms with van der Waals surface area (Å²) in [7, 11) is 0. The van der Waals surface area contributed by atoms with Crippen molar-refractivity contribution in [2.45, 2.75) is 6.18 Å². The van der Waals surface area contributed by atoms with Crippen LogP contribution < -0.4 is 11.1 Å². The first-order valence-corrected chi connectivity index (χ1v) is 6.49. The molecule has 9 heteroatoms. The van der Waals surface area contributed by atoms with Crippen molar-refractivity contribution in [2.24, 2.45) is 0 Å². The molecule has 6 nitrogen and oxygen atoms in total. The summed E-state index contributed by atoms with van der Waals surface area (Å²) in [4.78, 5) is 12.2. The number of imidazole rings is 1. The van der Waals surface area contributed by atoms with Gasteiger partial charge in [-0.1, -0.05) is 0 Å². The molecule has 0 saturated heterocycles. The zero-order valence-corrected chi connectivity index (χ0v) is 11.6. The van der Waals surface area contributed by atoms with Crippen LogP contribution in [0.25, 0.3) is 5.95 Å². The fourth-order valence-corrected chi connectivity index (χ4v) is 1.90. The van der Waals surface area contributed by atoms with Gasteiger partial charge < -0.3 is 11.1 Å². The maximum absolute atomic E-state index is 12.5. The summed E-state index contributed by atoms with van der Waals surface area (Å²) in [6.07, 6.45) is 0.356. The van der Waals surface area contributed by atoms with E-state index in [0.717, 1.165) is 12.1 Å². The second-order valence-electron chi connectivity index (χ2n) is 4.65. The predicted octanol–water partition coefficient (Wildman–Crippen LogP) is 3.01. The lowest BCUT2D eigenvalue weighted by Gasteiger charge is -2.10. The fourth-order valence-electron chi connectivity index (χ4n) is 1.90. The first kappa shape index (κ1) is 14.8. The Kier molecular flexibility index (Phi) is 3.61. The van der Waals surface area contributed by atoms with Crippen LogP contribution in [0.5, 0.6) is 0 Å². The number of halogens is 3. The van der Waals surface area contributed by atoms with E-state index in [1.807, 2.05) is 0 Å². The number of nitrogens with two attached hydrogens (primary N) is 1. The summed E-state index contributed by atoms with van der Waals surface area (Å²) >= 11 is 0. The van der Waals surface area contributed by atoms with Gasteiger partial charge in [0, 0.05) is 24.1 Å². The highest BCUT2D eigenvalue weighted by Crippen LogP contribution is 2.30. The molecule has 1 aromatic carbocycles. The lowest BCUT2D eigenvalue weighted by Crippen LogP contribution is -2.06. The van der Waals surface area contributed by atoms with E-state index in [1.54, 1.807) is 17.0 Å². The Bertz CT molecular complexity index is 796. The van der Waals surface area contributed by atoms with E-state index in [0.29, 0.717) is 17.5 Å². The van der Waals surface area contributed by atoms with Gasteiger partial charge >= 0.3 is 6.18 Å². The molecule has 0 amide bonds. The Morgan fingerprint density at radius 1 is 1.09 bits per heavy atom. The monoisotopic (exact) mass is 320 g/mol. The maximum atomic E-state index is 12.5. The molecule has 0 radical (unpaired) electrons. The quantitative estimate of drug-likeness (QED) is 0.775. The Balaban J connectivity index is 1.85. The second kappa shape index (κ2) is 5.59. The van der Waals surface area contributed by atoms with Crippen molar-refractivity contribution < 1.29 is 13.2 Å². The molecule has 0 bridgehead atoms. The molecule has 23 heavy (non-hydrogen) atoms. The number of benzene rings is 1. The van der Waals surface area contributed by atoms with E-state index in [2.05, 4.69) is 20.3 Å². The summed E-state index contributed by atoms with van der Waals surface area (Å²) < 4.78 is 39.2. The molecule has 0 aliphatic carbocycles. The van der Waals surface area contributed by atoms with Crippen LogP contribution >= 0.6 is 0 Å². The number of rotatable bonds is 3. The van der Waals surface area contributed by atoms with Crippen molar-refractivity contribution >= 4 is 17.3 Å². The molecule has 2 aromatic heterocycles. The van der Waals surface area contributed by atoms with Crippen LogP contribution in [0, 0.1) is 0 Å². The van der Waals surface area contributed by atoms with Crippen molar-refractivity contribution in [1.82, 2.24) is 19.5 Å². The smallest absolute Gasteiger partial charge is 0.383 e. The van der Waals surface area contributed by atoms with Gasteiger partial charge in [0.15, 0.2) is 0 Å². The van der Waals surface area contributed by atoms with Gasteiger partial charge in [0.1, 0.15) is 18.0 Å². The van der Waals surface area contributed by atoms with Crippen LogP contribution in [-0.2, 0) is 6.18 Å². The number of nitrogen functional groups attached to an aromatic ring is 1. The zero-order chi connectivity index (χ0) is 16.4. The molecule has 118 valence electrons. The lowest BCUT2D eigenvalue weighted by atomic mass is 10.2. The van der Waals surface area contributed by atoms with Crippen molar-refractivity contribution in [3.8, 4) is 5.95 Å². The number of aromatic nitrogens is 4. The average Bonchev–Trinajstić information content (AvgIpc) is 3.00. The van der Waals surface area contributed by atoms with Gasteiger partial charge in [-0.15, -0.1) is 0 Å². The van der Waals surface area contributed by atoms with Crippen LogP contribution in [0.3, 0.4) is 0 Å². The first-order valence-electron chi connectivity index (χ1n) is 6.49. The largest absolute Gasteiger partial charge is 0.416 e. The van der Waals surface area contributed by atoms with Gasteiger partial charge in [0.05, 0.1) is 5.56 Å². The number of nitrogens with zero attached hydrogens (tertiary/aromatic N) is 4. The van der Waals surface area contributed by atoms with E-state index in [4.69, 9.17) is 5.73 Å². The number of alkyl halides is 3. The third-order valence-electron chi connectivity index (χ3n) is 2.95. The molecular weight excluding hydrogens is 309 g/mol. The second-order valence-corrected chi connectivity index (χ2v) is 4.65. The summed E-state index contributed by atoms with van der Waals surface area (Å²) in [6.45, 7) is 0. The van der Waals surface area contributed by atoms with Crippen molar-refractivity contribution in [2.75, 3.05) is 11.1 Å². The summed E-state index contributed by atoms with van der Waals surface area (Å²) in [6, 6.07) is 6.10. The molecule has 3 rings (SSSR count). The average molecular weight is 320 g/mol. The third kappa shape index (κ3) is 3.39. The minimum Gasteiger partial charge on any atom is -0.383 e. The molecule has 0 unspecified atom stereocenters. The van der Waals surface area contributed by atoms with Gasteiger partial charge in [-0.3, -0.25) is 4.57 Å². The summed E-state index contributed by atoms with van der Waals surface area (Å²) in [5, 5.41) is 2.89. The Hall–Kier alpha value is -3.10. The molecule has 0 spiro atoms. The standard InChI is InChI=1S/C14H11F3N6/c15-14(16,17)9-1-3-10(4-2-9)20-12-7-11(18)21-13(22-12)23-6-5-19-8-23/h1-8H,(H3,18,20,21,22). The van der Waals surface area contributed by atoms with Crippen LogP contribution in [-0.4, -0.2) is 19.5 Å².